The van der Waals surface area contributed by atoms with Crippen LogP contribution in [0.1, 0.15) is 73.3 Å². The van der Waals surface area contributed by atoms with Gasteiger partial charge in [-0.2, -0.15) is 0 Å². The number of fused-ring (bicyclic) bond motifs is 2. The highest BCUT2D eigenvalue weighted by molar-refractivity contribution is 6.07. The van der Waals surface area contributed by atoms with Crippen molar-refractivity contribution in [2.75, 3.05) is 4.90 Å². The van der Waals surface area contributed by atoms with Gasteiger partial charge in [0.2, 0.25) is 5.91 Å². The lowest BCUT2D eigenvalue weighted by atomic mass is 9.72. The Bertz CT molecular complexity index is 1050. The summed E-state index contributed by atoms with van der Waals surface area (Å²) >= 11 is 0. The first kappa shape index (κ1) is 21.7. The molecule has 2 fully saturated rings. The monoisotopic (exact) mass is 446 g/mol. The Morgan fingerprint density at radius 3 is 2.30 bits per heavy atom. The molecular weight excluding hydrogens is 416 g/mol. The molecule has 3 atom stereocenters. The molecule has 0 saturated heterocycles. The van der Waals surface area contributed by atoms with Crippen LogP contribution in [0.25, 0.3) is 0 Å². The normalized spacial score (nSPS) is 23.9. The molecule has 5 rings (SSSR count). The first-order valence-corrected chi connectivity index (χ1v) is 12.1. The number of carboxylic acids is 1. The largest absolute Gasteiger partial charge is 0.481 e. The van der Waals surface area contributed by atoms with Crippen molar-refractivity contribution in [3.05, 3.63) is 65.7 Å². The van der Waals surface area contributed by atoms with Gasteiger partial charge in [-0.25, -0.2) is 0 Å². The zero-order valence-electron chi connectivity index (χ0n) is 18.7. The van der Waals surface area contributed by atoms with Crippen LogP contribution in [-0.2, 0) is 9.59 Å². The quantitative estimate of drug-likeness (QED) is 0.691. The van der Waals surface area contributed by atoms with Crippen molar-refractivity contribution in [3.8, 4) is 0 Å². The van der Waals surface area contributed by atoms with E-state index in [9.17, 15) is 14.4 Å². The number of carboxylic acid groups (broad SMARTS) is 1. The lowest BCUT2D eigenvalue weighted by Crippen LogP contribution is -2.55. The van der Waals surface area contributed by atoms with Gasteiger partial charge in [0, 0.05) is 35.7 Å². The molecule has 6 heteroatoms. The number of aliphatic carboxylic acids is 1. The fourth-order valence-corrected chi connectivity index (χ4v) is 5.81. The number of hydrogen-bond donors (Lipinski definition) is 1. The van der Waals surface area contributed by atoms with Gasteiger partial charge in [-0.3, -0.25) is 14.4 Å². The summed E-state index contributed by atoms with van der Waals surface area (Å²) in [7, 11) is 0. The second-order valence-electron chi connectivity index (χ2n) is 9.49. The average molecular weight is 447 g/mol. The summed E-state index contributed by atoms with van der Waals surface area (Å²) < 4.78 is 0. The maximum absolute atomic E-state index is 13.7. The molecule has 172 valence electrons. The summed E-state index contributed by atoms with van der Waals surface area (Å²) in [5, 5.41) is 9.14. The average Bonchev–Trinajstić information content (AvgIpc) is 3.68. The molecule has 33 heavy (non-hydrogen) atoms. The van der Waals surface area contributed by atoms with Gasteiger partial charge >= 0.3 is 5.97 Å². The zero-order valence-corrected chi connectivity index (χ0v) is 18.7. The summed E-state index contributed by atoms with van der Waals surface area (Å²) in [4.78, 5) is 42.2. The van der Waals surface area contributed by atoms with Gasteiger partial charge in [0.25, 0.3) is 5.91 Å². The van der Waals surface area contributed by atoms with E-state index in [4.69, 9.17) is 5.11 Å². The van der Waals surface area contributed by atoms with Crippen molar-refractivity contribution in [2.45, 2.75) is 69.5 Å². The third-order valence-electron chi connectivity index (χ3n) is 7.35. The number of para-hydroxylation sites is 1. The van der Waals surface area contributed by atoms with E-state index in [0.29, 0.717) is 5.56 Å². The molecule has 1 N–H and O–H groups in total. The van der Waals surface area contributed by atoms with E-state index < -0.39 is 5.97 Å². The summed E-state index contributed by atoms with van der Waals surface area (Å²) in [5.41, 5.74) is 2.57. The summed E-state index contributed by atoms with van der Waals surface area (Å²) in [6.45, 7) is 0. The maximum Gasteiger partial charge on any atom is 0.303 e. The molecule has 0 spiro atoms. The van der Waals surface area contributed by atoms with Gasteiger partial charge in [0.1, 0.15) is 0 Å². The lowest BCUT2D eigenvalue weighted by Gasteiger charge is -2.52. The molecule has 6 nitrogen and oxygen atoms in total. The third-order valence-corrected chi connectivity index (χ3v) is 7.35. The van der Waals surface area contributed by atoms with E-state index in [-0.39, 0.29) is 48.7 Å². The first-order valence-electron chi connectivity index (χ1n) is 12.1. The number of anilines is 1. The van der Waals surface area contributed by atoms with E-state index in [1.807, 2.05) is 58.3 Å². The number of hydrogen-bond acceptors (Lipinski definition) is 3. The predicted octanol–water partition coefficient (Wildman–Crippen LogP) is 4.80. The molecular formula is C27H30N2O4. The smallest absolute Gasteiger partial charge is 0.303 e. The summed E-state index contributed by atoms with van der Waals surface area (Å²) in [6, 6.07) is 17.5. The van der Waals surface area contributed by atoms with Gasteiger partial charge in [0.05, 0.1) is 12.5 Å². The Morgan fingerprint density at radius 2 is 1.58 bits per heavy atom. The van der Waals surface area contributed by atoms with Crippen LogP contribution in [0.2, 0.25) is 0 Å². The highest BCUT2D eigenvalue weighted by Crippen LogP contribution is 2.52. The Balaban J connectivity index is 1.58. The van der Waals surface area contributed by atoms with Gasteiger partial charge in [0.15, 0.2) is 0 Å². The van der Waals surface area contributed by atoms with E-state index in [0.717, 1.165) is 49.8 Å². The molecule has 2 saturated carbocycles. The van der Waals surface area contributed by atoms with E-state index in [1.54, 1.807) is 0 Å². The van der Waals surface area contributed by atoms with Crippen molar-refractivity contribution in [1.82, 2.24) is 4.90 Å². The number of carbonyl (C=O) groups is 3. The standard InChI is InChI=1S/C27H30N2O4/c30-24(16-17-25(31)32)28(19-14-15-19)26-20-10-4-6-12-22(20)29(23-13-7-5-11-21(23)26)27(33)18-8-2-1-3-9-18/h1-4,6,8-10,12,19,21,23,26H,5,7,11,13-17H2,(H,31,32)/t21-,23+,26+/m0/s1. The first-order chi connectivity index (χ1) is 16.1. The predicted molar refractivity (Wildman–Crippen MR) is 125 cm³/mol. The Labute approximate surface area is 194 Å². The van der Waals surface area contributed by atoms with Crippen molar-refractivity contribution in [3.63, 3.8) is 0 Å². The maximum atomic E-state index is 13.7. The molecule has 1 aliphatic heterocycles. The Hall–Kier alpha value is -3.15. The molecule has 3 aliphatic rings. The third kappa shape index (κ3) is 4.14. The molecule has 0 bridgehead atoms. The zero-order chi connectivity index (χ0) is 22.9. The van der Waals surface area contributed by atoms with Crippen LogP contribution in [0.3, 0.4) is 0 Å². The number of carbonyl (C=O) groups excluding carboxylic acids is 2. The van der Waals surface area contributed by atoms with Crippen molar-refractivity contribution in [2.24, 2.45) is 5.92 Å². The molecule has 2 aromatic rings. The van der Waals surface area contributed by atoms with Crippen molar-refractivity contribution in [1.29, 1.82) is 0 Å². The second-order valence-corrected chi connectivity index (χ2v) is 9.49. The number of amides is 2. The highest BCUT2D eigenvalue weighted by atomic mass is 16.4. The molecule has 1 heterocycles. The minimum Gasteiger partial charge on any atom is -0.481 e. The van der Waals surface area contributed by atoms with Crippen LogP contribution in [0.5, 0.6) is 0 Å². The molecule has 2 aromatic carbocycles. The Kier molecular flexibility index (Phi) is 5.92. The SMILES string of the molecule is O=C(O)CCC(=O)N(C1CC1)[C@@H]1c2ccccc2N(C(=O)c2ccccc2)[C@@H]2CCCC[C@@H]21. The molecule has 2 amide bonds. The molecule has 0 radical (unpaired) electrons. The van der Waals surface area contributed by atoms with Crippen LogP contribution in [-0.4, -0.2) is 39.9 Å². The molecule has 0 aromatic heterocycles. The van der Waals surface area contributed by atoms with Crippen molar-refractivity contribution < 1.29 is 19.5 Å². The minimum atomic E-state index is -0.946. The minimum absolute atomic E-state index is 0.00794. The van der Waals surface area contributed by atoms with Gasteiger partial charge in [-0.15, -0.1) is 0 Å². The molecule has 2 aliphatic carbocycles. The van der Waals surface area contributed by atoms with Crippen LogP contribution >= 0.6 is 0 Å². The fourth-order valence-electron chi connectivity index (χ4n) is 5.81. The fraction of sp³-hybridized carbons (Fsp3) is 0.444. The van der Waals surface area contributed by atoms with E-state index in [1.165, 1.54) is 0 Å². The lowest BCUT2D eigenvalue weighted by molar-refractivity contribution is -0.143. The second kappa shape index (κ2) is 9.00. The summed E-state index contributed by atoms with van der Waals surface area (Å²) in [6.07, 6.45) is 5.80. The highest BCUT2D eigenvalue weighted by Gasteiger charge is 2.50. The Morgan fingerprint density at radius 1 is 0.879 bits per heavy atom. The van der Waals surface area contributed by atoms with Gasteiger partial charge in [-0.1, -0.05) is 49.2 Å². The van der Waals surface area contributed by atoms with E-state index in [2.05, 4.69) is 6.07 Å². The number of nitrogens with zero attached hydrogens (tertiary/aromatic N) is 2. The van der Waals surface area contributed by atoms with Crippen LogP contribution in [0.4, 0.5) is 5.69 Å². The van der Waals surface area contributed by atoms with E-state index >= 15 is 0 Å². The van der Waals surface area contributed by atoms with Crippen molar-refractivity contribution >= 4 is 23.5 Å². The summed E-state index contributed by atoms with van der Waals surface area (Å²) in [5.74, 6) is -0.866. The van der Waals surface area contributed by atoms with Crippen LogP contribution in [0, 0.1) is 5.92 Å². The van der Waals surface area contributed by atoms with Crippen LogP contribution in [0.15, 0.2) is 54.6 Å². The van der Waals surface area contributed by atoms with Crippen LogP contribution < -0.4 is 4.90 Å². The van der Waals surface area contributed by atoms with Gasteiger partial charge < -0.3 is 14.9 Å². The molecule has 0 unspecified atom stereocenters. The number of rotatable bonds is 6. The topological polar surface area (TPSA) is 77.9 Å². The number of benzene rings is 2. The van der Waals surface area contributed by atoms with Gasteiger partial charge in [-0.05, 0) is 49.4 Å².